The van der Waals surface area contributed by atoms with Crippen molar-refractivity contribution in [3.8, 4) is 5.75 Å². The predicted molar refractivity (Wildman–Crippen MR) is 98.7 cm³/mol. The van der Waals surface area contributed by atoms with Gasteiger partial charge in [-0.05, 0) is 49.4 Å². The highest BCUT2D eigenvalue weighted by atomic mass is 35.5. The zero-order valence-electron chi connectivity index (χ0n) is 14.0. The van der Waals surface area contributed by atoms with Gasteiger partial charge in [0.05, 0.1) is 39.9 Å². The second-order valence-corrected chi connectivity index (χ2v) is 8.15. The molecule has 0 aliphatic heterocycles. The molecule has 0 saturated carbocycles. The van der Waals surface area contributed by atoms with E-state index in [-0.39, 0.29) is 5.25 Å². The van der Waals surface area contributed by atoms with Crippen LogP contribution in [-0.2, 0) is 17.2 Å². The SMILES string of the molecule is COc1ccc2nc(S(=O)C3CCCc4cc(C)c(Cl)nc43)[nH]c2c1. The maximum Gasteiger partial charge on any atom is 0.198 e. The molecule has 1 aliphatic rings. The number of aryl methyl sites for hydroxylation is 2. The van der Waals surface area contributed by atoms with Gasteiger partial charge in [0.25, 0.3) is 0 Å². The summed E-state index contributed by atoms with van der Waals surface area (Å²) in [5, 5.41) is 0.765. The molecule has 0 saturated heterocycles. The van der Waals surface area contributed by atoms with Crippen molar-refractivity contribution in [3.63, 3.8) is 0 Å². The van der Waals surface area contributed by atoms with Gasteiger partial charge in [0.2, 0.25) is 0 Å². The molecule has 2 unspecified atom stereocenters. The standard InChI is InChI=1S/C18H18ClN3O2S/c1-10-8-11-4-3-5-15(16(11)22-17(10)19)25(23)18-20-13-7-6-12(24-2)9-14(13)21-18/h6-9,15H,3-5H2,1-2H3,(H,20,21). The highest BCUT2D eigenvalue weighted by Crippen LogP contribution is 2.37. The minimum atomic E-state index is -1.32. The van der Waals surface area contributed by atoms with E-state index in [9.17, 15) is 4.21 Å². The molecule has 0 fully saturated rings. The van der Waals surface area contributed by atoms with Crippen molar-refractivity contribution in [2.75, 3.05) is 7.11 Å². The smallest absolute Gasteiger partial charge is 0.198 e. The third-order valence-electron chi connectivity index (χ3n) is 4.60. The first-order valence-electron chi connectivity index (χ1n) is 8.17. The van der Waals surface area contributed by atoms with E-state index in [0.717, 1.165) is 52.9 Å². The molecule has 2 atom stereocenters. The van der Waals surface area contributed by atoms with Gasteiger partial charge in [0, 0.05) is 6.07 Å². The third kappa shape index (κ3) is 2.93. The van der Waals surface area contributed by atoms with Gasteiger partial charge in [-0.15, -0.1) is 0 Å². The minimum absolute atomic E-state index is 0.190. The van der Waals surface area contributed by atoms with Gasteiger partial charge in [-0.3, -0.25) is 4.21 Å². The van der Waals surface area contributed by atoms with Crippen molar-refractivity contribution in [1.29, 1.82) is 0 Å². The van der Waals surface area contributed by atoms with Crippen LogP contribution >= 0.6 is 11.6 Å². The normalized spacial score (nSPS) is 18.1. The molecule has 0 amide bonds. The van der Waals surface area contributed by atoms with Crippen LogP contribution in [0.25, 0.3) is 11.0 Å². The van der Waals surface area contributed by atoms with Crippen molar-refractivity contribution in [2.24, 2.45) is 0 Å². The van der Waals surface area contributed by atoms with Crippen LogP contribution in [0.1, 0.15) is 34.9 Å². The lowest BCUT2D eigenvalue weighted by molar-refractivity contribution is 0.415. The molecule has 0 spiro atoms. The van der Waals surface area contributed by atoms with Crippen LogP contribution in [-0.4, -0.2) is 26.3 Å². The number of hydrogen-bond acceptors (Lipinski definition) is 4. The maximum atomic E-state index is 13.2. The molecular weight excluding hydrogens is 358 g/mol. The van der Waals surface area contributed by atoms with Crippen LogP contribution in [0.2, 0.25) is 5.15 Å². The Morgan fingerprint density at radius 1 is 1.32 bits per heavy atom. The monoisotopic (exact) mass is 375 g/mol. The van der Waals surface area contributed by atoms with Gasteiger partial charge in [-0.25, -0.2) is 9.97 Å². The van der Waals surface area contributed by atoms with Crippen molar-refractivity contribution in [1.82, 2.24) is 15.0 Å². The molecule has 0 bridgehead atoms. The summed E-state index contributed by atoms with van der Waals surface area (Å²) in [6.07, 6.45) is 2.75. The van der Waals surface area contributed by atoms with Crippen LogP contribution in [0, 0.1) is 6.92 Å². The molecule has 0 radical (unpaired) electrons. The van der Waals surface area contributed by atoms with Gasteiger partial charge in [0.15, 0.2) is 5.16 Å². The first-order chi connectivity index (χ1) is 12.1. The lowest BCUT2D eigenvalue weighted by Gasteiger charge is -2.23. The Bertz CT molecular complexity index is 986. The lowest BCUT2D eigenvalue weighted by Crippen LogP contribution is -2.17. The Kier molecular flexibility index (Phi) is 4.25. The van der Waals surface area contributed by atoms with E-state index in [1.54, 1.807) is 7.11 Å². The van der Waals surface area contributed by atoms with Crippen molar-refractivity contribution >= 4 is 33.4 Å². The predicted octanol–water partition coefficient (Wildman–Crippen LogP) is 4.11. The first-order valence-corrected chi connectivity index (χ1v) is 9.76. The highest BCUT2D eigenvalue weighted by molar-refractivity contribution is 7.85. The van der Waals surface area contributed by atoms with Crippen LogP contribution in [0.4, 0.5) is 0 Å². The number of nitrogens with zero attached hydrogens (tertiary/aromatic N) is 2. The number of halogens is 1. The van der Waals surface area contributed by atoms with Crippen molar-refractivity contribution in [2.45, 2.75) is 36.6 Å². The van der Waals surface area contributed by atoms with Gasteiger partial charge < -0.3 is 9.72 Å². The fraction of sp³-hybridized carbons (Fsp3) is 0.333. The number of ether oxygens (including phenoxy) is 1. The number of hydrogen-bond donors (Lipinski definition) is 1. The molecule has 3 aromatic rings. The molecule has 1 aliphatic carbocycles. The Labute approximate surface area is 153 Å². The number of nitrogens with one attached hydrogen (secondary N) is 1. The summed E-state index contributed by atoms with van der Waals surface area (Å²) in [6.45, 7) is 1.95. The lowest BCUT2D eigenvalue weighted by atomic mass is 9.95. The molecule has 130 valence electrons. The van der Waals surface area contributed by atoms with Crippen LogP contribution in [0.15, 0.2) is 29.4 Å². The average molecular weight is 376 g/mol. The van der Waals surface area contributed by atoms with E-state index in [2.05, 4.69) is 21.0 Å². The Hall–Kier alpha value is -1.92. The quantitative estimate of drug-likeness (QED) is 0.699. The summed E-state index contributed by atoms with van der Waals surface area (Å²) in [4.78, 5) is 12.2. The Morgan fingerprint density at radius 2 is 2.16 bits per heavy atom. The van der Waals surface area contributed by atoms with E-state index in [4.69, 9.17) is 16.3 Å². The Balaban J connectivity index is 1.74. The fourth-order valence-corrected chi connectivity index (χ4v) is 4.89. The molecule has 7 heteroatoms. The third-order valence-corrected chi connectivity index (χ3v) is 6.53. The fourth-order valence-electron chi connectivity index (χ4n) is 3.28. The van der Waals surface area contributed by atoms with Crippen LogP contribution in [0.3, 0.4) is 0 Å². The summed E-state index contributed by atoms with van der Waals surface area (Å²) in [5.41, 5.74) is 4.54. The summed E-state index contributed by atoms with van der Waals surface area (Å²) in [7, 11) is 0.302. The maximum absolute atomic E-state index is 13.2. The van der Waals surface area contributed by atoms with E-state index in [1.165, 1.54) is 0 Å². The van der Waals surface area contributed by atoms with E-state index in [0.29, 0.717) is 10.3 Å². The van der Waals surface area contributed by atoms with Gasteiger partial charge in [-0.2, -0.15) is 0 Å². The number of H-pyrrole nitrogens is 1. The molecule has 4 rings (SSSR count). The average Bonchev–Trinajstić information content (AvgIpc) is 3.04. The highest BCUT2D eigenvalue weighted by Gasteiger charge is 2.30. The minimum Gasteiger partial charge on any atom is -0.497 e. The van der Waals surface area contributed by atoms with Gasteiger partial charge in [-0.1, -0.05) is 17.7 Å². The molecular formula is C18H18ClN3O2S. The summed E-state index contributed by atoms with van der Waals surface area (Å²) in [6, 6.07) is 7.63. The summed E-state index contributed by atoms with van der Waals surface area (Å²) < 4.78 is 18.4. The number of fused-ring (bicyclic) bond motifs is 2. The van der Waals surface area contributed by atoms with Crippen LogP contribution < -0.4 is 4.74 Å². The van der Waals surface area contributed by atoms with Gasteiger partial charge >= 0.3 is 0 Å². The number of aromatic nitrogens is 3. The van der Waals surface area contributed by atoms with E-state index >= 15 is 0 Å². The van der Waals surface area contributed by atoms with E-state index in [1.807, 2.05) is 25.1 Å². The number of methoxy groups -OCH3 is 1. The van der Waals surface area contributed by atoms with E-state index < -0.39 is 10.8 Å². The molecule has 2 heterocycles. The van der Waals surface area contributed by atoms with Crippen LogP contribution in [0.5, 0.6) is 5.75 Å². The van der Waals surface area contributed by atoms with Gasteiger partial charge in [0.1, 0.15) is 10.9 Å². The molecule has 25 heavy (non-hydrogen) atoms. The van der Waals surface area contributed by atoms with Crippen molar-refractivity contribution < 1.29 is 8.95 Å². The molecule has 1 aromatic carbocycles. The number of rotatable bonds is 3. The topological polar surface area (TPSA) is 67.9 Å². The Morgan fingerprint density at radius 3 is 2.96 bits per heavy atom. The summed E-state index contributed by atoms with van der Waals surface area (Å²) >= 11 is 6.21. The molecule has 5 nitrogen and oxygen atoms in total. The number of aromatic amines is 1. The first kappa shape index (κ1) is 16.5. The second kappa shape index (κ2) is 6.42. The zero-order valence-corrected chi connectivity index (χ0v) is 15.6. The molecule has 1 N–H and O–H groups in total. The number of benzene rings is 1. The second-order valence-electron chi connectivity index (χ2n) is 6.24. The molecule has 2 aromatic heterocycles. The zero-order chi connectivity index (χ0) is 17.6. The summed E-state index contributed by atoms with van der Waals surface area (Å²) in [5.74, 6) is 0.736. The largest absolute Gasteiger partial charge is 0.497 e. The van der Waals surface area contributed by atoms with Crippen molar-refractivity contribution in [3.05, 3.63) is 46.2 Å². The number of imidazole rings is 1. The number of pyridine rings is 1.